The molecule has 0 aliphatic carbocycles. The van der Waals surface area contributed by atoms with Gasteiger partial charge in [-0.15, -0.1) is 12.4 Å². The van der Waals surface area contributed by atoms with Crippen LogP contribution < -0.4 is 10.5 Å². The summed E-state index contributed by atoms with van der Waals surface area (Å²) in [6, 6.07) is 4.56. The summed E-state index contributed by atoms with van der Waals surface area (Å²) in [5.41, 5.74) is 6.47. The summed E-state index contributed by atoms with van der Waals surface area (Å²) >= 11 is 0. The van der Waals surface area contributed by atoms with Crippen molar-refractivity contribution in [2.24, 2.45) is 11.7 Å². The molecule has 0 aliphatic heterocycles. The maximum atomic E-state index is 13.6. The predicted octanol–water partition coefficient (Wildman–Crippen LogP) is 3.30. The highest BCUT2D eigenvalue weighted by atomic mass is 35.5. The molecule has 0 saturated heterocycles. The van der Waals surface area contributed by atoms with Crippen molar-refractivity contribution in [1.82, 2.24) is 0 Å². The highest BCUT2D eigenvalue weighted by Gasteiger charge is 2.13. The Morgan fingerprint density at radius 2 is 2.00 bits per heavy atom. The Morgan fingerprint density at radius 3 is 2.44 bits per heavy atom. The lowest BCUT2D eigenvalue weighted by atomic mass is 9.97. The minimum atomic E-state index is -0.289. The maximum absolute atomic E-state index is 13.6. The van der Waals surface area contributed by atoms with Crippen LogP contribution in [0.3, 0.4) is 0 Å². The average molecular weight is 248 g/mol. The minimum Gasteiger partial charge on any atom is -0.497 e. The third-order valence-corrected chi connectivity index (χ3v) is 2.33. The van der Waals surface area contributed by atoms with Gasteiger partial charge in [-0.1, -0.05) is 19.9 Å². The first-order valence-electron chi connectivity index (χ1n) is 5.13. The van der Waals surface area contributed by atoms with Gasteiger partial charge in [0.25, 0.3) is 0 Å². The van der Waals surface area contributed by atoms with E-state index in [0.29, 0.717) is 17.2 Å². The lowest BCUT2D eigenvalue weighted by molar-refractivity contribution is 0.409. The van der Waals surface area contributed by atoms with Gasteiger partial charge in [0.1, 0.15) is 11.6 Å². The molecule has 2 nitrogen and oxygen atoms in total. The third-order valence-electron chi connectivity index (χ3n) is 2.33. The molecule has 1 atom stereocenters. The summed E-state index contributed by atoms with van der Waals surface area (Å²) in [7, 11) is 1.52. The van der Waals surface area contributed by atoms with Gasteiger partial charge in [0.05, 0.1) is 7.11 Å². The molecule has 0 radical (unpaired) electrons. The van der Waals surface area contributed by atoms with E-state index < -0.39 is 0 Å². The Balaban J connectivity index is 0.00000225. The van der Waals surface area contributed by atoms with Crippen molar-refractivity contribution in [3.63, 3.8) is 0 Å². The Bertz CT molecular complexity index is 331. The summed E-state index contributed by atoms with van der Waals surface area (Å²) < 4.78 is 18.5. The summed E-state index contributed by atoms with van der Waals surface area (Å²) in [5, 5.41) is 0. The number of hydrogen-bond acceptors (Lipinski definition) is 2. The fourth-order valence-electron chi connectivity index (χ4n) is 1.57. The van der Waals surface area contributed by atoms with Crippen molar-refractivity contribution >= 4 is 12.4 Å². The summed E-state index contributed by atoms with van der Waals surface area (Å²) in [5.74, 6) is 0.692. The Labute approximate surface area is 102 Å². The van der Waals surface area contributed by atoms with Crippen molar-refractivity contribution < 1.29 is 9.13 Å². The van der Waals surface area contributed by atoms with Gasteiger partial charge in [-0.05, 0) is 18.4 Å². The van der Waals surface area contributed by atoms with Crippen LogP contribution in [0.4, 0.5) is 4.39 Å². The molecule has 0 heterocycles. The lowest BCUT2D eigenvalue weighted by Crippen LogP contribution is -2.14. The number of ether oxygens (including phenoxy) is 1. The molecule has 0 aromatic heterocycles. The van der Waals surface area contributed by atoms with Crippen LogP contribution in [-0.2, 0) is 0 Å². The van der Waals surface area contributed by atoms with Gasteiger partial charge >= 0.3 is 0 Å². The van der Waals surface area contributed by atoms with E-state index in [1.54, 1.807) is 12.1 Å². The van der Waals surface area contributed by atoms with Gasteiger partial charge in [0, 0.05) is 17.7 Å². The van der Waals surface area contributed by atoms with E-state index in [2.05, 4.69) is 13.8 Å². The van der Waals surface area contributed by atoms with Gasteiger partial charge in [-0.2, -0.15) is 0 Å². The SMILES string of the molecule is COc1ccc([C@@H](N)CC(C)C)c(F)c1.Cl. The summed E-state index contributed by atoms with van der Waals surface area (Å²) in [6.07, 6.45) is 0.781. The highest BCUT2D eigenvalue weighted by Crippen LogP contribution is 2.24. The molecule has 0 fully saturated rings. The zero-order valence-electron chi connectivity index (χ0n) is 9.87. The van der Waals surface area contributed by atoms with E-state index in [-0.39, 0.29) is 24.3 Å². The number of halogens is 2. The van der Waals surface area contributed by atoms with Crippen LogP contribution in [0.5, 0.6) is 5.75 Å². The lowest BCUT2D eigenvalue weighted by Gasteiger charge is -2.15. The molecule has 92 valence electrons. The van der Waals surface area contributed by atoms with Gasteiger partial charge in [-0.25, -0.2) is 4.39 Å². The van der Waals surface area contributed by atoms with Crippen molar-refractivity contribution in [2.45, 2.75) is 26.3 Å². The second kappa shape index (κ2) is 6.71. The molecule has 1 aromatic carbocycles. The zero-order valence-corrected chi connectivity index (χ0v) is 10.7. The molecule has 2 N–H and O–H groups in total. The van der Waals surface area contributed by atoms with Crippen LogP contribution >= 0.6 is 12.4 Å². The van der Waals surface area contributed by atoms with Crippen LogP contribution in [0.15, 0.2) is 18.2 Å². The van der Waals surface area contributed by atoms with Crippen molar-refractivity contribution in [1.29, 1.82) is 0 Å². The molecule has 0 bridgehead atoms. The normalized spacial score (nSPS) is 12.1. The number of benzene rings is 1. The van der Waals surface area contributed by atoms with E-state index in [4.69, 9.17) is 10.5 Å². The molecule has 16 heavy (non-hydrogen) atoms. The maximum Gasteiger partial charge on any atom is 0.131 e. The number of methoxy groups -OCH3 is 1. The molecule has 0 aliphatic rings. The second-order valence-electron chi connectivity index (χ2n) is 4.12. The standard InChI is InChI=1S/C12H18FNO.ClH/c1-8(2)6-12(14)10-5-4-9(15-3)7-11(10)13;/h4-5,7-8,12H,6,14H2,1-3H3;1H/t12-;/m0./s1. The number of rotatable bonds is 4. The molecule has 0 saturated carbocycles. The van der Waals surface area contributed by atoms with Crippen LogP contribution in [0.2, 0.25) is 0 Å². The van der Waals surface area contributed by atoms with Crippen LogP contribution in [0.25, 0.3) is 0 Å². The number of hydrogen-bond donors (Lipinski definition) is 1. The topological polar surface area (TPSA) is 35.2 Å². The fourth-order valence-corrected chi connectivity index (χ4v) is 1.57. The molecule has 1 rings (SSSR count). The smallest absolute Gasteiger partial charge is 0.131 e. The van der Waals surface area contributed by atoms with Crippen molar-refractivity contribution in [2.75, 3.05) is 7.11 Å². The monoisotopic (exact) mass is 247 g/mol. The average Bonchev–Trinajstić information content (AvgIpc) is 2.16. The van der Waals surface area contributed by atoms with E-state index in [1.165, 1.54) is 13.2 Å². The largest absolute Gasteiger partial charge is 0.497 e. The van der Waals surface area contributed by atoms with E-state index in [0.717, 1.165) is 6.42 Å². The van der Waals surface area contributed by atoms with Gasteiger partial charge < -0.3 is 10.5 Å². The van der Waals surface area contributed by atoms with E-state index >= 15 is 0 Å². The molecule has 4 heteroatoms. The Hall–Kier alpha value is -0.800. The fraction of sp³-hybridized carbons (Fsp3) is 0.500. The molecule has 0 unspecified atom stereocenters. The molecular formula is C12H19ClFNO. The van der Waals surface area contributed by atoms with Crippen LogP contribution in [0.1, 0.15) is 31.9 Å². The van der Waals surface area contributed by atoms with E-state index in [1.807, 2.05) is 0 Å². The van der Waals surface area contributed by atoms with Crippen LogP contribution in [0, 0.1) is 11.7 Å². The highest BCUT2D eigenvalue weighted by molar-refractivity contribution is 5.85. The zero-order chi connectivity index (χ0) is 11.4. The minimum absolute atomic E-state index is 0. The first-order valence-corrected chi connectivity index (χ1v) is 5.13. The van der Waals surface area contributed by atoms with Crippen molar-refractivity contribution in [3.05, 3.63) is 29.6 Å². The second-order valence-corrected chi connectivity index (χ2v) is 4.12. The molecular weight excluding hydrogens is 229 g/mol. The number of nitrogens with two attached hydrogens (primary N) is 1. The summed E-state index contributed by atoms with van der Waals surface area (Å²) in [6.45, 7) is 4.14. The van der Waals surface area contributed by atoms with E-state index in [9.17, 15) is 4.39 Å². The molecule has 0 spiro atoms. The first-order chi connectivity index (χ1) is 7.04. The first kappa shape index (κ1) is 15.2. The molecule has 0 amide bonds. The molecule has 1 aromatic rings. The Morgan fingerprint density at radius 1 is 1.38 bits per heavy atom. The van der Waals surface area contributed by atoms with Crippen molar-refractivity contribution in [3.8, 4) is 5.75 Å². The third kappa shape index (κ3) is 3.99. The summed E-state index contributed by atoms with van der Waals surface area (Å²) in [4.78, 5) is 0. The van der Waals surface area contributed by atoms with Crippen LogP contribution in [-0.4, -0.2) is 7.11 Å². The quantitative estimate of drug-likeness (QED) is 0.886. The predicted molar refractivity (Wildman–Crippen MR) is 66.6 cm³/mol. The van der Waals surface area contributed by atoms with Gasteiger partial charge in [0.2, 0.25) is 0 Å². The Kier molecular flexibility index (Phi) is 6.38. The van der Waals surface area contributed by atoms with Gasteiger partial charge in [0.15, 0.2) is 0 Å². The van der Waals surface area contributed by atoms with Gasteiger partial charge in [-0.3, -0.25) is 0 Å².